The fourth-order valence-electron chi connectivity index (χ4n) is 2.54. The molecule has 5 nitrogen and oxygen atoms in total. The van der Waals surface area contributed by atoms with Gasteiger partial charge in [-0.1, -0.05) is 22.9 Å². The van der Waals surface area contributed by atoms with Gasteiger partial charge in [0.05, 0.1) is 0 Å². The first-order chi connectivity index (χ1) is 9.88. The van der Waals surface area contributed by atoms with E-state index in [0.29, 0.717) is 24.6 Å². The van der Waals surface area contributed by atoms with E-state index >= 15 is 0 Å². The molecule has 2 atom stereocenters. The molecule has 2 rings (SSSR count). The maximum absolute atomic E-state index is 12.3. The number of hydrogen-bond donors (Lipinski definition) is 2. The summed E-state index contributed by atoms with van der Waals surface area (Å²) in [5.41, 5.74) is 1.68. The van der Waals surface area contributed by atoms with Crippen LogP contribution in [-0.4, -0.2) is 34.6 Å². The molecule has 114 valence electrons. The summed E-state index contributed by atoms with van der Waals surface area (Å²) in [6.45, 7) is 4.42. The summed E-state index contributed by atoms with van der Waals surface area (Å²) in [6.07, 6.45) is 1.33. The minimum absolute atomic E-state index is 0.324. The van der Waals surface area contributed by atoms with E-state index in [1.165, 1.54) is 4.90 Å². The number of hydrogen-bond acceptors (Lipinski definition) is 2. The number of rotatable bonds is 2. The van der Waals surface area contributed by atoms with Crippen molar-refractivity contribution in [2.75, 3.05) is 11.9 Å². The number of carboxylic acid groups (broad SMARTS) is 1. The SMILES string of the molecule is Cc1cc(NC(=O)N2CCC(C)CC2C(=O)O)ccc1Br. The zero-order valence-electron chi connectivity index (χ0n) is 12.1. The molecular weight excluding hydrogens is 336 g/mol. The molecule has 0 saturated carbocycles. The Hall–Kier alpha value is -1.56. The van der Waals surface area contributed by atoms with Crippen LogP contribution in [0.4, 0.5) is 10.5 Å². The molecule has 6 heteroatoms. The average molecular weight is 355 g/mol. The molecule has 0 spiro atoms. The second-order valence-corrected chi connectivity index (χ2v) is 6.43. The third-order valence-corrected chi connectivity index (χ3v) is 4.71. The minimum atomic E-state index is -0.941. The van der Waals surface area contributed by atoms with E-state index in [-0.39, 0.29) is 6.03 Å². The number of aliphatic carboxylic acids is 1. The first-order valence-corrected chi connectivity index (χ1v) is 7.74. The maximum atomic E-state index is 12.3. The van der Waals surface area contributed by atoms with E-state index in [4.69, 9.17) is 0 Å². The van der Waals surface area contributed by atoms with Crippen LogP contribution in [-0.2, 0) is 4.79 Å². The number of likely N-dealkylation sites (tertiary alicyclic amines) is 1. The van der Waals surface area contributed by atoms with Gasteiger partial charge in [0.1, 0.15) is 6.04 Å². The summed E-state index contributed by atoms with van der Waals surface area (Å²) in [5, 5.41) is 12.1. The van der Waals surface area contributed by atoms with Gasteiger partial charge in [-0.05, 0) is 49.4 Å². The number of carbonyl (C=O) groups is 2. The van der Waals surface area contributed by atoms with E-state index < -0.39 is 12.0 Å². The van der Waals surface area contributed by atoms with Crippen molar-refractivity contribution < 1.29 is 14.7 Å². The van der Waals surface area contributed by atoms with E-state index in [2.05, 4.69) is 21.2 Å². The molecule has 1 aliphatic heterocycles. The van der Waals surface area contributed by atoms with Gasteiger partial charge in [0.2, 0.25) is 0 Å². The van der Waals surface area contributed by atoms with Crippen molar-refractivity contribution in [3.63, 3.8) is 0 Å². The first kappa shape index (κ1) is 15.8. The molecule has 1 fully saturated rings. The lowest BCUT2D eigenvalue weighted by Crippen LogP contribution is -2.51. The minimum Gasteiger partial charge on any atom is -0.480 e. The Morgan fingerprint density at radius 3 is 2.76 bits per heavy atom. The number of aryl methyl sites for hydroxylation is 1. The summed E-state index contributed by atoms with van der Waals surface area (Å²) >= 11 is 3.41. The van der Waals surface area contributed by atoms with Crippen LogP contribution in [0.25, 0.3) is 0 Å². The van der Waals surface area contributed by atoms with Crippen LogP contribution in [0.3, 0.4) is 0 Å². The number of carbonyl (C=O) groups excluding carboxylic acids is 1. The number of nitrogens with one attached hydrogen (secondary N) is 1. The monoisotopic (exact) mass is 354 g/mol. The molecule has 1 heterocycles. The van der Waals surface area contributed by atoms with Crippen LogP contribution >= 0.6 is 15.9 Å². The lowest BCUT2D eigenvalue weighted by atomic mass is 9.93. The molecule has 0 aliphatic carbocycles. The molecular formula is C15H19BrN2O3. The molecule has 0 radical (unpaired) electrons. The summed E-state index contributed by atoms with van der Waals surface area (Å²) in [5.74, 6) is -0.617. The highest BCUT2D eigenvalue weighted by molar-refractivity contribution is 9.10. The molecule has 2 amide bonds. The third kappa shape index (κ3) is 3.75. The van der Waals surface area contributed by atoms with E-state index in [1.54, 1.807) is 6.07 Å². The Bertz CT molecular complexity index is 562. The Morgan fingerprint density at radius 2 is 2.14 bits per heavy atom. The van der Waals surface area contributed by atoms with Crippen molar-refractivity contribution in [3.8, 4) is 0 Å². The topological polar surface area (TPSA) is 69.6 Å². The van der Waals surface area contributed by atoms with Crippen molar-refractivity contribution in [1.82, 2.24) is 4.90 Å². The smallest absolute Gasteiger partial charge is 0.326 e. The van der Waals surface area contributed by atoms with Crippen LogP contribution in [0, 0.1) is 12.8 Å². The standard InChI is InChI=1S/C15H19BrN2O3/c1-9-5-6-18(13(7-9)14(19)20)15(21)17-11-3-4-12(16)10(2)8-11/h3-4,8-9,13H,5-7H2,1-2H3,(H,17,21)(H,19,20). The van der Waals surface area contributed by atoms with Gasteiger partial charge >= 0.3 is 12.0 Å². The summed E-state index contributed by atoms with van der Waals surface area (Å²) in [7, 11) is 0. The Morgan fingerprint density at radius 1 is 1.43 bits per heavy atom. The van der Waals surface area contributed by atoms with Gasteiger partial charge in [0.25, 0.3) is 0 Å². The zero-order valence-corrected chi connectivity index (χ0v) is 13.7. The molecule has 1 aromatic carbocycles. The van der Waals surface area contributed by atoms with Crippen LogP contribution in [0.1, 0.15) is 25.3 Å². The van der Waals surface area contributed by atoms with Gasteiger partial charge < -0.3 is 15.3 Å². The molecule has 1 saturated heterocycles. The van der Waals surface area contributed by atoms with Crippen molar-refractivity contribution >= 4 is 33.6 Å². The Kier molecular flexibility index (Phi) is 4.88. The quantitative estimate of drug-likeness (QED) is 0.853. The van der Waals surface area contributed by atoms with Gasteiger partial charge in [-0.3, -0.25) is 0 Å². The molecule has 1 aromatic rings. The second kappa shape index (κ2) is 6.47. The number of anilines is 1. The fraction of sp³-hybridized carbons (Fsp3) is 0.467. The van der Waals surface area contributed by atoms with Crippen LogP contribution in [0.2, 0.25) is 0 Å². The molecule has 0 bridgehead atoms. The van der Waals surface area contributed by atoms with Crippen molar-refractivity contribution in [2.24, 2.45) is 5.92 Å². The molecule has 2 N–H and O–H groups in total. The van der Waals surface area contributed by atoms with Crippen LogP contribution < -0.4 is 5.32 Å². The van der Waals surface area contributed by atoms with Crippen molar-refractivity contribution in [3.05, 3.63) is 28.2 Å². The molecule has 0 aromatic heterocycles. The summed E-state index contributed by atoms with van der Waals surface area (Å²) in [4.78, 5) is 25.1. The number of halogens is 1. The predicted octanol–water partition coefficient (Wildman–Crippen LogP) is 3.47. The predicted molar refractivity (Wildman–Crippen MR) is 84.4 cm³/mol. The van der Waals surface area contributed by atoms with Crippen molar-refractivity contribution in [1.29, 1.82) is 0 Å². The highest BCUT2D eigenvalue weighted by atomic mass is 79.9. The highest BCUT2D eigenvalue weighted by Crippen LogP contribution is 2.25. The summed E-state index contributed by atoms with van der Waals surface area (Å²) < 4.78 is 0.968. The number of urea groups is 1. The molecule has 2 unspecified atom stereocenters. The largest absolute Gasteiger partial charge is 0.480 e. The van der Waals surface area contributed by atoms with Gasteiger partial charge in [0, 0.05) is 16.7 Å². The Labute approximate surface area is 132 Å². The normalized spacial score (nSPS) is 22.0. The number of carboxylic acids is 1. The van der Waals surface area contributed by atoms with Crippen LogP contribution in [0.15, 0.2) is 22.7 Å². The van der Waals surface area contributed by atoms with E-state index in [1.807, 2.05) is 26.0 Å². The number of nitrogens with zero attached hydrogens (tertiary/aromatic N) is 1. The van der Waals surface area contributed by atoms with E-state index in [0.717, 1.165) is 16.5 Å². The van der Waals surface area contributed by atoms with Gasteiger partial charge in [-0.15, -0.1) is 0 Å². The Balaban J connectivity index is 2.10. The van der Waals surface area contributed by atoms with Crippen molar-refractivity contribution in [2.45, 2.75) is 32.7 Å². The molecule has 21 heavy (non-hydrogen) atoms. The highest BCUT2D eigenvalue weighted by Gasteiger charge is 2.34. The maximum Gasteiger partial charge on any atom is 0.326 e. The number of benzene rings is 1. The first-order valence-electron chi connectivity index (χ1n) is 6.95. The van der Waals surface area contributed by atoms with Gasteiger partial charge in [0.15, 0.2) is 0 Å². The van der Waals surface area contributed by atoms with E-state index in [9.17, 15) is 14.7 Å². The fourth-order valence-corrected chi connectivity index (χ4v) is 2.78. The zero-order chi connectivity index (χ0) is 15.6. The second-order valence-electron chi connectivity index (χ2n) is 5.57. The third-order valence-electron chi connectivity index (χ3n) is 3.82. The summed E-state index contributed by atoms with van der Waals surface area (Å²) in [6, 6.07) is 4.40. The lowest BCUT2D eigenvalue weighted by molar-refractivity contribution is -0.143. The molecule has 1 aliphatic rings. The van der Waals surface area contributed by atoms with Gasteiger partial charge in [-0.25, -0.2) is 9.59 Å². The van der Waals surface area contributed by atoms with Crippen LogP contribution in [0.5, 0.6) is 0 Å². The lowest BCUT2D eigenvalue weighted by Gasteiger charge is -2.35. The number of amides is 2. The number of piperidine rings is 1. The average Bonchev–Trinajstić information content (AvgIpc) is 2.42. The van der Waals surface area contributed by atoms with Gasteiger partial charge in [-0.2, -0.15) is 0 Å².